The summed E-state index contributed by atoms with van der Waals surface area (Å²) in [4.78, 5) is 9.44. The lowest BCUT2D eigenvalue weighted by atomic mass is 10.1. The number of nitro groups is 1. The van der Waals surface area contributed by atoms with Crippen molar-refractivity contribution in [3.8, 4) is 0 Å². The second-order valence-electron chi connectivity index (χ2n) is 2.53. The molecular formula is C7H11NO3. The molecule has 0 bridgehead atoms. The largest absolute Gasteiger partial charge is 0.374 e. The van der Waals surface area contributed by atoms with Gasteiger partial charge in [-0.15, -0.1) is 0 Å². The molecule has 62 valence electrons. The van der Waals surface area contributed by atoms with Crippen LogP contribution in [0.1, 0.15) is 19.3 Å². The average molecular weight is 157 g/mol. The fourth-order valence-corrected chi connectivity index (χ4v) is 1.08. The third kappa shape index (κ3) is 3.13. The van der Waals surface area contributed by atoms with E-state index in [-0.39, 0.29) is 6.10 Å². The highest BCUT2D eigenvalue weighted by Crippen LogP contribution is 2.13. The van der Waals surface area contributed by atoms with Crippen LogP contribution in [0, 0.1) is 10.1 Å². The van der Waals surface area contributed by atoms with Gasteiger partial charge in [0.25, 0.3) is 0 Å². The highest BCUT2D eigenvalue weighted by molar-refractivity contribution is 4.85. The summed E-state index contributed by atoms with van der Waals surface area (Å²) in [6.45, 7) is 0.729. The number of hydrogen-bond acceptors (Lipinski definition) is 3. The minimum atomic E-state index is -0.460. The number of nitrogens with zero attached hydrogens (tertiary/aromatic N) is 1. The zero-order valence-corrected chi connectivity index (χ0v) is 6.23. The van der Waals surface area contributed by atoms with Crippen molar-refractivity contribution in [2.24, 2.45) is 0 Å². The number of rotatable bonds is 2. The normalized spacial score (nSPS) is 25.6. The van der Waals surface area contributed by atoms with E-state index in [2.05, 4.69) is 0 Å². The third-order valence-electron chi connectivity index (χ3n) is 1.64. The summed E-state index contributed by atoms with van der Waals surface area (Å²) in [6.07, 6.45) is 5.52. The highest BCUT2D eigenvalue weighted by Gasteiger charge is 2.10. The van der Waals surface area contributed by atoms with Crippen molar-refractivity contribution in [1.82, 2.24) is 0 Å². The monoisotopic (exact) mass is 157 g/mol. The zero-order valence-electron chi connectivity index (χ0n) is 6.23. The maximum atomic E-state index is 9.91. The fraction of sp³-hybridized carbons (Fsp3) is 0.714. The Morgan fingerprint density at radius 1 is 1.55 bits per heavy atom. The van der Waals surface area contributed by atoms with Gasteiger partial charge in [-0.1, -0.05) is 0 Å². The quantitative estimate of drug-likeness (QED) is 0.449. The summed E-state index contributed by atoms with van der Waals surface area (Å²) in [5, 5.41) is 9.91. The summed E-state index contributed by atoms with van der Waals surface area (Å²) >= 11 is 0. The first-order valence-electron chi connectivity index (χ1n) is 3.72. The topological polar surface area (TPSA) is 52.4 Å². The van der Waals surface area contributed by atoms with E-state index >= 15 is 0 Å². The lowest BCUT2D eigenvalue weighted by Crippen LogP contribution is -2.16. The molecule has 1 aliphatic heterocycles. The van der Waals surface area contributed by atoms with Gasteiger partial charge < -0.3 is 4.74 Å². The van der Waals surface area contributed by atoms with E-state index in [0.717, 1.165) is 32.1 Å². The molecule has 11 heavy (non-hydrogen) atoms. The van der Waals surface area contributed by atoms with Gasteiger partial charge in [0.05, 0.1) is 11.0 Å². The Morgan fingerprint density at radius 3 is 2.91 bits per heavy atom. The van der Waals surface area contributed by atoms with Crippen LogP contribution < -0.4 is 0 Å². The molecule has 0 aromatic rings. The summed E-state index contributed by atoms with van der Waals surface area (Å²) in [7, 11) is 0. The van der Waals surface area contributed by atoms with E-state index in [9.17, 15) is 10.1 Å². The Morgan fingerprint density at radius 2 is 2.36 bits per heavy atom. The van der Waals surface area contributed by atoms with Crippen molar-refractivity contribution in [3.63, 3.8) is 0 Å². The van der Waals surface area contributed by atoms with E-state index in [1.807, 2.05) is 0 Å². The standard InChI is InChI=1S/C7H11NO3/c9-8(10)5-4-7-3-1-2-6-11-7/h4-5,7H,1-3,6H2. The summed E-state index contributed by atoms with van der Waals surface area (Å²) in [5.41, 5.74) is 0. The predicted molar refractivity (Wildman–Crippen MR) is 39.7 cm³/mol. The Balaban J connectivity index is 2.29. The molecule has 1 heterocycles. The van der Waals surface area contributed by atoms with Gasteiger partial charge in [0.2, 0.25) is 6.20 Å². The van der Waals surface area contributed by atoms with Crippen molar-refractivity contribution in [1.29, 1.82) is 0 Å². The van der Waals surface area contributed by atoms with Crippen molar-refractivity contribution >= 4 is 0 Å². The molecule has 0 amide bonds. The van der Waals surface area contributed by atoms with E-state index in [1.165, 1.54) is 6.08 Å². The second kappa shape index (κ2) is 4.08. The molecule has 1 saturated heterocycles. The first-order chi connectivity index (χ1) is 5.29. The van der Waals surface area contributed by atoms with Gasteiger partial charge in [-0.2, -0.15) is 0 Å². The maximum absolute atomic E-state index is 9.91. The Bertz CT molecular complexity index is 161. The minimum absolute atomic E-state index is 0.0332. The SMILES string of the molecule is O=[N+]([O-])C=CC1CCCCO1. The summed E-state index contributed by atoms with van der Waals surface area (Å²) < 4.78 is 5.24. The molecule has 0 aromatic carbocycles. The Labute approximate surface area is 65.0 Å². The Hall–Kier alpha value is -0.900. The van der Waals surface area contributed by atoms with E-state index in [4.69, 9.17) is 4.74 Å². The van der Waals surface area contributed by atoms with Gasteiger partial charge in [-0.3, -0.25) is 10.1 Å². The molecule has 0 aliphatic carbocycles. The van der Waals surface area contributed by atoms with E-state index in [1.54, 1.807) is 0 Å². The molecule has 1 rings (SSSR count). The van der Waals surface area contributed by atoms with Crippen LogP contribution in [-0.4, -0.2) is 17.6 Å². The van der Waals surface area contributed by atoms with Gasteiger partial charge in [-0.05, 0) is 19.3 Å². The molecule has 0 saturated carbocycles. The Kier molecular flexibility index (Phi) is 3.04. The number of hydrogen-bond donors (Lipinski definition) is 0. The molecular weight excluding hydrogens is 146 g/mol. The molecule has 0 N–H and O–H groups in total. The van der Waals surface area contributed by atoms with E-state index in [0.29, 0.717) is 0 Å². The van der Waals surface area contributed by atoms with Crippen molar-refractivity contribution in [2.75, 3.05) is 6.61 Å². The van der Waals surface area contributed by atoms with Crippen molar-refractivity contribution in [2.45, 2.75) is 25.4 Å². The van der Waals surface area contributed by atoms with Crippen LogP contribution in [0.5, 0.6) is 0 Å². The molecule has 0 radical (unpaired) electrons. The lowest BCUT2D eigenvalue weighted by Gasteiger charge is -2.17. The van der Waals surface area contributed by atoms with Gasteiger partial charge in [-0.25, -0.2) is 0 Å². The van der Waals surface area contributed by atoms with Crippen LogP contribution in [0.4, 0.5) is 0 Å². The molecule has 1 fully saturated rings. The first-order valence-corrected chi connectivity index (χ1v) is 3.72. The summed E-state index contributed by atoms with van der Waals surface area (Å²) in [5.74, 6) is 0. The maximum Gasteiger partial charge on any atom is 0.233 e. The van der Waals surface area contributed by atoms with Crippen molar-refractivity contribution in [3.05, 3.63) is 22.4 Å². The van der Waals surface area contributed by atoms with Crippen LogP contribution in [0.15, 0.2) is 12.3 Å². The van der Waals surface area contributed by atoms with Gasteiger partial charge in [0.1, 0.15) is 0 Å². The molecule has 1 unspecified atom stereocenters. The van der Waals surface area contributed by atoms with Crippen molar-refractivity contribution < 1.29 is 9.66 Å². The fourth-order valence-electron chi connectivity index (χ4n) is 1.08. The molecule has 0 aromatic heterocycles. The van der Waals surface area contributed by atoms with Crippen LogP contribution in [0.25, 0.3) is 0 Å². The predicted octanol–water partition coefficient (Wildman–Crippen LogP) is 1.35. The summed E-state index contributed by atoms with van der Waals surface area (Å²) in [6, 6.07) is 0. The third-order valence-corrected chi connectivity index (χ3v) is 1.64. The average Bonchev–Trinajstić information content (AvgIpc) is 2.03. The zero-order chi connectivity index (χ0) is 8.10. The highest BCUT2D eigenvalue weighted by atomic mass is 16.6. The first kappa shape index (κ1) is 8.20. The van der Waals surface area contributed by atoms with Gasteiger partial charge >= 0.3 is 0 Å². The number of ether oxygens (including phenoxy) is 1. The van der Waals surface area contributed by atoms with Crippen LogP contribution in [0.3, 0.4) is 0 Å². The lowest BCUT2D eigenvalue weighted by molar-refractivity contribution is -0.403. The molecule has 1 atom stereocenters. The van der Waals surface area contributed by atoms with Crippen LogP contribution >= 0.6 is 0 Å². The second-order valence-corrected chi connectivity index (χ2v) is 2.53. The van der Waals surface area contributed by atoms with Crippen LogP contribution in [-0.2, 0) is 4.74 Å². The minimum Gasteiger partial charge on any atom is -0.374 e. The van der Waals surface area contributed by atoms with Crippen LogP contribution in [0.2, 0.25) is 0 Å². The molecule has 4 heteroatoms. The van der Waals surface area contributed by atoms with Gasteiger partial charge in [0, 0.05) is 12.7 Å². The van der Waals surface area contributed by atoms with E-state index < -0.39 is 4.92 Å². The molecule has 4 nitrogen and oxygen atoms in total. The molecule has 1 aliphatic rings. The smallest absolute Gasteiger partial charge is 0.233 e. The molecule has 0 spiro atoms. The van der Waals surface area contributed by atoms with Gasteiger partial charge in [0.15, 0.2) is 0 Å².